The first-order chi connectivity index (χ1) is 21.1. The van der Waals surface area contributed by atoms with E-state index < -0.39 is 23.1 Å². The van der Waals surface area contributed by atoms with Crippen molar-refractivity contribution in [3.63, 3.8) is 0 Å². The number of anilines is 1. The van der Waals surface area contributed by atoms with Crippen LogP contribution in [0, 0.1) is 12.3 Å². The number of aromatic nitrogens is 2. The van der Waals surface area contributed by atoms with Gasteiger partial charge in [0.2, 0.25) is 5.91 Å². The van der Waals surface area contributed by atoms with E-state index in [1.807, 2.05) is 25.7 Å². The summed E-state index contributed by atoms with van der Waals surface area (Å²) in [7, 11) is 0. The highest BCUT2D eigenvalue weighted by Crippen LogP contribution is 2.49. The van der Waals surface area contributed by atoms with E-state index in [2.05, 4.69) is 25.7 Å². The number of amides is 2. The Kier molecular flexibility index (Phi) is 9.21. The minimum absolute atomic E-state index is 0.0552. The zero-order chi connectivity index (χ0) is 32.6. The lowest BCUT2D eigenvalue weighted by atomic mass is 9.60. The summed E-state index contributed by atoms with van der Waals surface area (Å²) < 4.78 is 44.3. The van der Waals surface area contributed by atoms with Gasteiger partial charge in [0.1, 0.15) is 17.2 Å². The number of phenols is 1. The fourth-order valence-corrected chi connectivity index (χ4v) is 6.75. The number of likely N-dealkylation sites (tertiary alicyclic amines) is 2. The van der Waals surface area contributed by atoms with Gasteiger partial charge >= 0.3 is 12.3 Å². The zero-order valence-corrected chi connectivity index (χ0v) is 26.3. The van der Waals surface area contributed by atoms with Crippen LogP contribution in [0.5, 0.6) is 5.75 Å². The summed E-state index contributed by atoms with van der Waals surface area (Å²) in [6, 6.07) is 4.75. The van der Waals surface area contributed by atoms with Crippen LogP contribution >= 0.6 is 0 Å². The lowest BCUT2D eigenvalue weighted by Crippen LogP contribution is -2.56. The van der Waals surface area contributed by atoms with Crippen LogP contribution in [-0.4, -0.2) is 87.5 Å². The van der Waals surface area contributed by atoms with Crippen LogP contribution in [0.4, 0.5) is 23.8 Å². The molecular weight excluding hydrogens is 589 g/mol. The molecule has 3 aliphatic rings. The number of rotatable bonds is 6. The quantitative estimate of drug-likeness (QED) is 0.390. The molecule has 13 heteroatoms. The van der Waals surface area contributed by atoms with Gasteiger partial charge in [-0.05, 0) is 108 Å². The van der Waals surface area contributed by atoms with E-state index in [-0.39, 0.29) is 35.1 Å². The average molecular weight is 633 g/mol. The van der Waals surface area contributed by atoms with Crippen molar-refractivity contribution in [2.75, 3.05) is 38.0 Å². The topological polar surface area (TPSA) is 120 Å². The molecule has 0 bridgehead atoms. The van der Waals surface area contributed by atoms with Crippen LogP contribution < -0.4 is 10.6 Å². The Bertz CT molecular complexity index is 1400. The summed E-state index contributed by atoms with van der Waals surface area (Å²) in [6.07, 6.45) is 0.610. The van der Waals surface area contributed by atoms with Crippen molar-refractivity contribution in [3.8, 4) is 17.0 Å². The molecule has 3 heterocycles. The molecule has 3 fully saturated rings. The van der Waals surface area contributed by atoms with Crippen LogP contribution in [0.1, 0.15) is 70.4 Å². The van der Waals surface area contributed by atoms with Crippen molar-refractivity contribution in [2.45, 2.75) is 90.1 Å². The van der Waals surface area contributed by atoms with Gasteiger partial charge in [-0.25, -0.2) is 4.79 Å². The lowest BCUT2D eigenvalue weighted by molar-refractivity contribution is -0.138. The highest BCUT2D eigenvalue weighted by molar-refractivity contribution is 5.78. The van der Waals surface area contributed by atoms with Crippen molar-refractivity contribution in [3.05, 3.63) is 35.4 Å². The van der Waals surface area contributed by atoms with Crippen LogP contribution in [0.2, 0.25) is 0 Å². The smallest absolute Gasteiger partial charge is 0.416 e. The van der Waals surface area contributed by atoms with E-state index in [1.165, 1.54) is 6.07 Å². The summed E-state index contributed by atoms with van der Waals surface area (Å²) in [5.41, 5.74) is -0.114. The number of halogens is 3. The van der Waals surface area contributed by atoms with Gasteiger partial charge in [-0.3, -0.25) is 9.69 Å². The van der Waals surface area contributed by atoms with E-state index in [0.717, 1.165) is 64.2 Å². The number of phenolic OH excluding ortho intramolecular Hbond substituents is 1. The lowest BCUT2D eigenvalue weighted by Gasteiger charge is -2.52. The molecule has 246 valence electrons. The number of benzene rings is 1. The Labute approximate surface area is 261 Å². The molecule has 5 rings (SSSR count). The SMILES string of the molecule is Cc1cc(N[C@@H]2CCCN(CC(=O)N3CCC4(CC3)CC(NC(=O)OC(C)(C)C)C4)C2)nnc1-c1ccc(C(F)(F)F)cc1O. The number of ether oxygens (including phenoxy) is 1. The molecule has 1 atom stereocenters. The first kappa shape index (κ1) is 32.8. The summed E-state index contributed by atoms with van der Waals surface area (Å²) >= 11 is 0. The van der Waals surface area contributed by atoms with E-state index in [4.69, 9.17) is 4.74 Å². The molecule has 45 heavy (non-hydrogen) atoms. The van der Waals surface area contributed by atoms with Gasteiger partial charge in [0.25, 0.3) is 0 Å². The van der Waals surface area contributed by atoms with Crippen molar-refractivity contribution < 1.29 is 32.6 Å². The first-order valence-electron chi connectivity index (χ1n) is 15.6. The summed E-state index contributed by atoms with van der Waals surface area (Å²) in [5, 5.41) is 25.0. The molecule has 1 aromatic carbocycles. The third-order valence-electron chi connectivity index (χ3n) is 9.04. The zero-order valence-electron chi connectivity index (χ0n) is 26.3. The number of carbonyl (C=O) groups is 2. The maximum atomic E-state index is 13.2. The van der Waals surface area contributed by atoms with Crippen LogP contribution in [0.3, 0.4) is 0 Å². The molecule has 10 nitrogen and oxygen atoms in total. The van der Waals surface area contributed by atoms with Crippen LogP contribution in [0.25, 0.3) is 11.3 Å². The molecule has 2 aliphatic heterocycles. The number of piperidine rings is 2. The Morgan fingerprint density at radius 3 is 2.40 bits per heavy atom. The fourth-order valence-electron chi connectivity index (χ4n) is 6.75. The number of nitrogens with one attached hydrogen (secondary N) is 2. The number of nitrogens with zero attached hydrogens (tertiary/aromatic N) is 4. The van der Waals surface area contributed by atoms with Gasteiger partial charge in [0.05, 0.1) is 17.8 Å². The Morgan fingerprint density at radius 1 is 1.07 bits per heavy atom. The van der Waals surface area contributed by atoms with Crippen molar-refractivity contribution in [1.82, 2.24) is 25.3 Å². The highest BCUT2D eigenvalue weighted by Gasteiger charge is 2.47. The van der Waals surface area contributed by atoms with E-state index >= 15 is 0 Å². The van der Waals surface area contributed by atoms with Crippen LogP contribution in [0.15, 0.2) is 24.3 Å². The number of hydrogen-bond acceptors (Lipinski definition) is 8. The molecule has 2 aromatic rings. The van der Waals surface area contributed by atoms with Gasteiger partial charge in [0.15, 0.2) is 0 Å². The minimum atomic E-state index is -4.55. The number of aryl methyl sites for hydroxylation is 1. The van der Waals surface area contributed by atoms with Gasteiger partial charge in [0, 0.05) is 37.3 Å². The molecular formula is C32H43F3N6O4. The monoisotopic (exact) mass is 632 g/mol. The molecule has 1 saturated carbocycles. The Balaban J connectivity index is 1.08. The second-order valence-electron chi connectivity index (χ2n) is 13.8. The predicted molar refractivity (Wildman–Crippen MR) is 163 cm³/mol. The predicted octanol–water partition coefficient (Wildman–Crippen LogP) is 5.35. The first-order valence-corrected chi connectivity index (χ1v) is 15.6. The number of alkyl carbamates (subject to hydrolysis) is 1. The molecule has 2 amide bonds. The van der Waals surface area contributed by atoms with Gasteiger partial charge in [-0.2, -0.15) is 13.2 Å². The summed E-state index contributed by atoms with van der Waals surface area (Å²) in [4.78, 5) is 29.4. The van der Waals surface area contributed by atoms with Crippen molar-refractivity contribution in [2.24, 2.45) is 5.41 Å². The van der Waals surface area contributed by atoms with Gasteiger partial charge < -0.3 is 25.4 Å². The molecule has 1 aromatic heterocycles. The number of carbonyl (C=O) groups excluding carboxylic acids is 2. The molecule has 1 spiro atoms. The third-order valence-corrected chi connectivity index (χ3v) is 9.04. The molecule has 0 radical (unpaired) electrons. The standard InChI is InChI=1S/C32H43F3N6O4/c1-20-14-26(38-39-28(20)24-8-7-21(15-25(24)42)32(33,34)35)36-22-6-5-11-40(18-22)19-27(43)41-12-9-31(10-13-41)16-23(17-31)37-29(44)45-30(2,3)4/h7-8,14-15,22-23,42H,5-6,9-13,16-19H2,1-4H3,(H,36,38)(H,37,44)/t22-/m1/s1. The fraction of sp³-hybridized carbons (Fsp3) is 0.625. The molecule has 1 aliphatic carbocycles. The van der Waals surface area contributed by atoms with Gasteiger partial charge in [-0.1, -0.05) is 0 Å². The van der Waals surface area contributed by atoms with Crippen molar-refractivity contribution >= 4 is 17.8 Å². The summed E-state index contributed by atoms with van der Waals surface area (Å²) in [6.45, 7) is 10.6. The second-order valence-corrected chi connectivity index (χ2v) is 13.8. The maximum Gasteiger partial charge on any atom is 0.416 e. The molecule has 3 N–H and O–H groups in total. The number of aromatic hydroxyl groups is 1. The third kappa shape index (κ3) is 8.16. The maximum absolute atomic E-state index is 13.2. The van der Waals surface area contributed by atoms with Crippen molar-refractivity contribution in [1.29, 1.82) is 0 Å². The largest absolute Gasteiger partial charge is 0.507 e. The molecule has 0 unspecified atom stereocenters. The summed E-state index contributed by atoms with van der Waals surface area (Å²) in [5.74, 6) is 0.151. The Morgan fingerprint density at radius 2 is 1.78 bits per heavy atom. The van der Waals surface area contributed by atoms with E-state index in [9.17, 15) is 27.9 Å². The number of hydrogen-bond donors (Lipinski definition) is 3. The average Bonchev–Trinajstić information content (AvgIpc) is 2.91. The van der Waals surface area contributed by atoms with Crippen LogP contribution in [-0.2, 0) is 15.7 Å². The second kappa shape index (κ2) is 12.6. The highest BCUT2D eigenvalue weighted by atomic mass is 19.4. The van der Waals surface area contributed by atoms with E-state index in [1.54, 1.807) is 13.0 Å². The van der Waals surface area contributed by atoms with E-state index in [0.29, 0.717) is 36.2 Å². The minimum Gasteiger partial charge on any atom is -0.507 e. The van der Waals surface area contributed by atoms with Gasteiger partial charge in [-0.15, -0.1) is 10.2 Å². The molecule has 2 saturated heterocycles. The Hall–Kier alpha value is -3.61. The number of alkyl halides is 3. The normalized spacial score (nSPS) is 20.9.